The number of aromatic nitrogens is 1. The molecule has 2 aromatic rings. The summed E-state index contributed by atoms with van der Waals surface area (Å²) in [5.74, 6) is 0.753. The Kier molecular flexibility index (Phi) is 7.75. The summed E-state index contributed by atoms with van der Waals surface area (Å²) >= 11 is 0. The highest BCUT2D eigenvalue weighted by Gasteiger charge is 2.48. The van der Waals surface area contributed by atoms with Gasteiger partial charge in [-0.15, -0.1) is 0 Å². The van der Waals surface area contributed by atoms with Crippen LogP contribution in [0, 0.1) is 6.92 Å². The van der Waals surface area contributed by atoms with Crippen molar-refractivity contribution in [3.63, 3.8) is 0 Å². The second-order valence-electron chi connectivity index (χ2n) is 11.6. The lowest BCUT2D eigenvalue weighted by molar-refractivity contribution is -0.133. The molecule has 0 aromatic carbocycles. The molecule has 1 aliphatic carbocycles. The van der Waals surface area contributed by atoms with Crippen molar-refractivity contribution in [2.45, 2.75) is 109 Å². The zero-order valence-corrected chi connectivity index (χ0v) is 22.3. The largest absolute Gasteiger partial charge is 0.460 e. The first kappa shape index (κ1) is 25.4. The van der Waals surface area contributed by atoms with E-state index < -0.39 is 5.54 Å². The van der Waals surface area contributed by atoms with E-state index >= 15 is 0 Å². The number of hydrogen-bond donors (Lipinski definition) is 1. The maximum absolute atomic E-state index is 14.0. The molecule has 7 heteroatoms. The lowest BCUT2D eigenvalue weighted by atomic mass is 9.92. The molecule has 2 fully saturated rings. The lowest BCUT2D eigenvalue weighted by Gasteiger charge is -2.45. The van der Waals surface area contributed by atoms with Crippen LogP contribution in [-0.4, -0.2) is 63.9 Å². The summed E-state index contributed by atoms with van der Waals surface area (Å²) in [5.41, 5.74) is 1.34. The quantitative estimate of drug-likeness (QED) is 0.593. The molecular weight excluding hydrogens is 452 g/mol. The highest BCUT2D eigenvalue weighted by atomic mass is 16.3. The van der Waals surface area contributed by atoms with Gasteiger partial charge < -0.3 is 24.1 Å². The Bertz CT molecular complexity index is 1060. The van der Waals surface area contributed by atoms with Crippen LogP contribution in [0.25, 0.3) is 11.1 Å². The number of likely N-dealkylation sites (tertiary alicyclic amines) is 1. The van der Waals surface area contributed by atoms with E-state index in [2.05, 4.69) is 10.2 Å². The zero-order valence-electron chi connectivity index (χ0n) is 22.3. The van der Waals surface area contributed by atoms with Gasteiger partial charge in [-0.1, -0.05) is 44.9 Å². The Morgan fingerprint density at radius 1 is 1.00 bits per heavy atom. The fourth-order valence-electron chi connectivity index (χ4n) is 6.56. The lowest BCUT2D eigenvalue weighted by Crippen LogP contribution is -2.65. The summed E-state index contributed by atoms with van der Waals surface area (Å²) in [6, 6.07) is 4.04. The topological polar surface area (TPSA) is 70.7 Å². The van der Waals surface area contributed by atoms with E-state index in [0.717, 1.165) is 68.6 Å². The summed E-state index contributed by atoms with van der Waals surface area (Å²) in [6.45, 7) is 8.21. The maximum atomic E-state index is 14.0. The van der Waals surface area contributed by atoms with Crippen molar-refractivity contribution in [2.75, 3.05) is 26.2 Å². The molecule has 1 atom stereocenters. The van der Waals surface area contributed by atoms with Gasteiger partial charge in [-0.3, -0.25) is 9.59 Å². The molecule has 2 aliphatic heterocycles. The number of nitrogens with zero attached hydrogens (tertiary/aromatic N) is 3. The average Bonchev–Trinajstić information content (AvgIpc) is 3.22. The fourth-order valence-corrected chi connectivity index (χ4v) is 6.56. The highest BCUT2D eigenvalue weighted by molar-refractivity contribution is 6.03. The van der Waals surface area contributed by atoms with E-state index in [1.807, 2.05) is 35.4 Å². The van der Waals surface area contributed by atoms with Crippen LogP contribution in [0.1, 0.15) is 100 Å². The molecule has 0 radical (unpaired) electrons. The second-order valence-corrected chi connectivity index (χ2v) is 11.6. The van der Waals surface area contributed by atoms with Crippen LogP contribution >= 0.6 is 0 Å². The Morgan fingerprint density at radius 3 is 2.39 bits per heavy atom. The molecule has 0 unspecified atom stereocenters. The number of aryl methyl sites for hydroxylation is 1. The minimum atomic E-state index is -0.928. The van der Waals surface area contributed by atoms with Crippen molar-refractivity contribution in [3.05, 3.63) is 23.6 Å². The number of rotatable bonds is 6. The first-order valence-corrected chi connectivity index (χ1v) is 14.4. The van der Waals surface area contributed by atoms with Gasteiger partial charge in [0.25, 0.3) is 5.91 Å². The third-order valence-electron chi connectivity index (χ3n) is 8.72. The number of furan rings is 1. The van der Waals surface area contributed by atoms with E-state index in [1.165, 1.54) is 44.9 Å². The van der Waals surface area contributed by atoms with Gasteiger partial charge >= 0.3 is 0 Å². The molecule has 0 spiro atoms. The van der Waals surface area contributed by atoms with Crippen molar-refractivity contribution < 1.29 is 14.0 Å². The summed E-state index contributed by atoms with van der Waals surface area (Å²) in [6.07, 6.45) is 14.2. The minimum Gasteiger partial charge on any atom is -0.460 e. The van der Waals surface area contributed by atoms with Crippen LogP contribution in [0.3, 0.4) is 0 Å². The Morgan fingerprint density at radius 2 is 1.67 bits per heavy atom. The fraction of sp³-hybridized carbons (Fsp3) is 0.724. The Balaban J connectivity index is 1.37. The summed E-state index contributed by atoms with van der Waals surface area (Å²) in [4.78, 5) is 32.3. The van der Waals surface area contributed by atoms with Crippen LogP contribution in [-0.2, 0) is 11.3 Å². The van der Waals surface area contributed by atoms with E-state index in [-0.39, 0.29) is 17.9 Å². The van der Waals surface area contributed by atoms with Crippen LogP contribution in [0.4, 0.5) is 0 Å². The van der Waals surface area contributed by atoms with Crippen molar-refractivity contribution in [1.29, 1.82) is 0 Å². The SMILES string of the molecule is Cc1cc2c(cc3n2C[C@](C)(C(=O)NC2CCCCCCC2)N(CCCN2CCCCCC2)C3=O)o1. The van der Waals surface area contributed by atoms with Crippen LogP contribution in [0.5, 0.6) is 0 Å². The first-order chi connectivity index (χ1) is 17.5. The molecule has 3 aliphatic rings. The molecule has 4 heterocycles. The molecule has 5 rings (SSSR count). The number of hydrogen-bond acceptors (Lipinski definition) is 4. The van der Waals surface area contributed by atoms with Crippen molar-refractivity contribution in [3.8, 4) is 0 Å². The summed E-state index contributed by atoms with van der Waals surface area (Å²) < 4.78 is 7.86. The van der Waals surface area contributed by atoms with E-state index in [4.69, 9.17) is 4.42 Å². The molecule has 0 bridgehead atoms. The minimum absolute atomic E-state index is 0.0103. The second kappa shape index (κ2) is 11.0. The van der Waals surface area contributed by atoms with Gasteiger partial charge in [0.15, 0.2) is 5.58 Å². The predicted octanol–water partition coefficient (Wildman–Crippen LogP) is 5.25. The zero-order chi connectivity index (χ0) is 25.1. The van der Waals surface area contributed by atoms with Gasteiger partial charge in [0.05, 0.1) is 12.1 Å². The third kappa shape index (κ3) is 5.22. The molecule has 36 heavy (non-hydrogen) atoms. The van der Waals surface area contributed by atoms with Gasteiger partial charge in [0.1, 0.15) is 17.0 Å². The molecule has 1 saturated heterocycles. The first-order valence-electron chi connectivity index (χ1n) is 14.4. The van der Waals surface area contributed by atoms with Gasteiger partial charge in [-0.2, -0.15) is 0 Å². The molecule has 2 aromatic heterocycles. The average molecular weight is 497 g/mol. The normalized spacial score (nSPS) is 24.8. The third-order valence-corrected chi connectivity index (χ3v) is 8.72. The van der Waals surface area contributed by atoms with Gasteiger partial charge in [0, 0.05) is 24.7 Å². The molecule has 198 valence electrons. The summed E-state index contributed by atoms with van der Waals surface area (Å²) in [5, 5.41) is 3.39. The van der Waals surface area contributed by atoms with Gasteiger partial charge in [-0.25, -0.2) is 0 Å². The Hall–Kier alpha value is -2.28. The number of fused-ring (bicyclic) bond motifs is 3. The van der Waals surface area contributed by atoms with Gasteiger partial charge in [-0.05, 0) is 65.6 Å². The molecule has 1 saturated carbocycles. The number of carbonyl (C=O) groups is 2. The predicted molar refractivity (Wildman–Crippen MR) is 142 cm³/mol. The molecule has 2 amide bonds. The van der Waals surface area contributed by atoms with E-state index in [0.29, 0.717) is 18.8 Å². The van der Waals surface area contributed by atoms with Crippen molar-refractivity contribution in [2.24, 2.45) is 0 Å². The highest BCUT2D eigenvalue weighted by Crippen LogP contribution is 2.34. The maximum Gasteiger partial charge on any atom is 0.271 e. The number of carbonyl (C=O) groups excluding carboxylic acids is 2. The molecular formula is C29H44N4O3. The van der Waals surface area contributed by atoms with Crippen LogP contribution < -0.4 is 5.32 Å². The van der Waals surface area contributed by atoms with Crippen LogP contribution in [0.15, 0.2) is 16.5 Å². The monoisotopic (exact) mass is 496 g/mol. The van der Waals surface area contributed by atoms with Gasteiger partial charge in [0.2, 0.25) is 5.91 Å². The standard InChI is InChI=1S/C29H44N4O3/c1-22-19-24-26(36-22)20-25-27(34)33(18-12-17-31-15-10-6-7-11-16-31)29(2,21-32(24)25)28(35)30-23-13-8-4-3-5-9-14-23/h19-20,23H,3-18,21H2,1-2H3,(H,30,35)/t29-/m1/s1. The number of nitrogens with one attached hydrogen (secondary N) is 1. The summed E-state index contributed by atoms with van der Waals surface area (Å²) in [7, 11) is 0. The molecule has 7 nitrogen and oxygen atoms in total. The molecule has 1 N–H and O–H groups in total. The van der Waals surface area contributed by atoms with E-state index in [1.54, 1.807) is 0 Å². The van der Waals surface area contributed by atoms with Crippen molar-refractivity contribution in [1.82, 2.24) is 19.7 Å². The number of amides is 2. The smallest absolute Gasteiger partial charge is 0.271 e. The Labute approximate surface area is 215 Å². The van der Waals surface area contributed by atoms with E-state index in [9.17, 15) is 9.59 Å². The van der Waals surface area contributed by atoms with Crippen molar-refractivity contribution >= 4 is 22.9 Å². The van der Waals surface area contributed by atoms with Crippen LogP contribution in [0.2, 0.25) is 0 Å².